The molecule has 0 aliphatic rings. The van der Waals surface area contributed by atoms with Gasteiger partial charge in [0.15, 0.2) is 0 Å². The van der Waals surface area contributed by atoms with Crippen molar-refractivity contribution >= 4 is 11.5 Å². The van der Waals surface area contributed by atoms with Gasteiger partial charge in [-0.2, -0.15) is 0 Å². The van der Waals surface area contributed by atoms with Gasteiger partial charge in [0.2, 0.25) is 0 Å². The Morgan fingerprint density at radius 1 is 1.54 bits per heavy atom. The van der Waals surface area contributed by atoms with Crippen LogP contribution in [0.15, 0.2) is 18.3 Å². The highest BCUT2D eigenvalue weighted by atomic mass is 16.6. The summed E-state index contributed by atoms with van der Waals surface area (Å²) in [6.07, 6.45) is 1.24. The molecule has 13 heavy (non-hydrogen) atoms. The van der Waals surface area contributed by atoms with Gasteiger partial charge in [0.1, 0.15) is 12.0 Å². The summed E-state index contributed by atoms with van der Waals surface area (Å²) in [7, 11) is 0. The largest absolute Gasteiger partial charge is 0.368 e. The van der Waals surface area contributed by atoms with Gasteiger partial charge in [-0.05, 0) is 19.9 Å². The van der Waals surface area contributed by atoms with Crippen molar-refractivity contribution in [1.82, 2.24) is 4.98 Å². The van der Waals surface area contributed by atoms with Gasteiger partial charge in [0, 0.05) is 12.1 Å². The number of nitrogens with zero attached hydrogens (tertiary/aromatic N) is 2. The first-order valence-electron chi connectivity index (χ1n) is 3.96. The molecule has 1 N–H and O–H groups in total. The molecule has 0 amide bonds. The number of hydrogen-bond acceptors (Lipinski definition) is 4. The molecule has 1 rings (SSSR count). The zero-order valence-corrected chi connectivity index (χ0v) is 7.52. The van der Waals surface area contributed by atoms with Crippen LogP contribution in [0.25, 0.3) is 0 Å². The minimum Gasteiger partial charge on any atom is -0.368 e. The van der Waals surface area contributed by atoms with E-state index in [0.29, 0.717) is 5.82 Å². The Morgan fingerprint density at radius 2 is 2.23 bits per heavy atom. The molecule has 1 heterocycles. The highest BCUT2D eigenvalue weighted by Crippen LogP contribution is 2.11. The van der Waals surface area contributed by atoms with E-state index in [2.05, 4.69) is 10.3 Å². The number of rotatable bonds is 3. The van der Waals surface area contributed by atoms with E-state index < -0.39 is 4.92 Å². The van der Waals surface area contributed by atoms with Crippen LogP contribution in [0, 0.1) is 10.1 Å². The Bertz CT molecular complexity index is 295. The lowest BCUT2D eigenvalue weighted by Gasteiger charge is -2.07. The quantitative estimate of drug-likeness (QED) is 0.570. The van der Waals surface area contributed by atoms with Crippen LogP contribution in [0.4, 0.5) is 11.5 Å². The van der Waals surface area contributed by atoms with Gasteiger partial charge in [-0.3, -0.25) is 10.1 Å². The van der Waals surface area contributed by atoms with Gasteiger partial charge in [0.25, 0.3) is 5.69 Å². The molecule has 0 bridgehead atoms. The van der Waals surface area contributed by atoms with Gasteiger partial charge in [-0.15, -0.1) is 0 Å². The highest BCUT2D eigenvalue weighted by Gasteiger charge is 2.04. The van der Waals surface area contributed by atoms with Crippen molar-refractivity contribution in [2.45, 2.75) is 19.9 Å². The van der Waals surface area contributed by atoms with Gasteiger partial charge in [0.05, 0.1) is 4.92 Å². The highest BCUT2D eigenvalue weighted by molar-refractivity contribution is 5.40. The maximum absolute atomic E-state index is 10.3. The molecule has 0 saturated heterocycles. The van der Waals surface area contributed by atoms with Crippen molar-refractivity contribution in [1.29, 1.82) is 0 Å². The Labute approximate surface area is 75.9 Å². The molecule has 70 valence electrons. The van der Waals surface area contributed by atoms with Crippen LogP contribution in [-0.4, -0.2) is 15.9 Å². The molecule has 0 radical (unpaired) electrons. The molecular formula is C8H11N3O2. The second kappa shape index (κ2) is 3.84. The second-order valence-corrected chi connectivity index (χ2v) is 2.96. The molecule has 0 aromatic carbocycles. The summed E-state index contributed by atoms with van der Waals surface area (Å²) in [6, 6.07) is 3.30. The summed E-state index contributed by atoms with van der Waals surface area (Å²) >= 11 is 0. The average Bonchev–Trinajstić information content (AvgIpc) is 2.04. The Balaban J connectivity index is 2.75. The second-order valence-electron chi connectivity index (χ2n) is 2.96. The van der Waals surface area contributed by atoms with Crippen molar-refractivity contribution < 1.29 is 4.92 Å². The fraction of sp³-hybridized carbons (Fsp3) is 0.375. The predicted octanol–water partition coefficient (Wildman–Crippen LogP) is 1.81. The third kappa shape index (κ3) is 2.70. The maximum Gasteiger partial charge on any atom is 0.287 e. The number of hydrogen-bond donors (Lipinski definition) is 1. The number of pyridine rings is 1. The Kier molecular flexibility index (Phi) is 2.79. The van der Waals surface area contributed by atoms with Crippen molar-refractivity contribution in [3.05, 3.63) is 28.4 Å². The first kappa shape index (κ1) is 9.44. The van der Waals surface area contributed by atoms with Crippen molar-refractivity contribution in [3.63, 3.8) is 0 Å². The van der Waals surface area contributed by atoms with Gasteiger partial charge in [-0.25, -0.2) is 4.98 Å². The zero-order valence-electron chi connectivity index (χ0n) is 7.52. The van der Waals surface area contributed by atoms with Gasteiger partial charge in [-0.1, -0.05) is 0 Å². The van der Waals surface area contributed by atoms with E-state index in [1.54, 1.807) is 6.07 Å². The van der Waals surface area contributed by atoms with Crippen molar-refractivity contribution in [2.24, 2.45) is 0 Å². The topological polar surface area (TPSA) is 68.1 Å². The first-order valence-corrected chi connectivity index (χ1v) is 3.96. The number of nitrogens with one attached hydrogen (secondary N) is 1. The lowest BCUT2D eigenvalue weighted by atomic mass is 10.3. The van der Waals surface area contributed by atoms with E-state index in [1.807, 2.05) is 13.8 Å². The molecule has 0 atom stereocenters. The summed E-state index contributed by atoms with van der Waals surface area (Å²) in [5.41, 5.74) is 0.00862. The lowest BCUT2D eigenvalue weighted by Crippen LogP contribution is -2.10. The third-order valence-corrected chi connectivity index (χ3v) is 1.40. The molecule has 1 aromatic heterocycles. The van der Waals surface area contributed by atoms with Crippen LogP contribution >= 0.6 is 0 Å². The van der Waals surface area contributed by atoms with E-state index in [-0.39, 0.29) is 11.7 Å². The lowest BCUT2D eigenvalue weighted by molar-refractivity contribution is -0.385. The fourth-order valence-corrected chi connectivity index (χ4v) is 0.875. The third-order valence-electron chi connectivity index (χ3n) is 1.40. The predicted molar refractivity (Wildman–Crippen MR) is 49.7 cm³/mol. The SMILES string of the molecule is CC(C)Nc1ccc([N+](=O)[O-])cn1. The zero-order chi connectivity index (χ0) is 9.84. The molecule has 0 unspecified atom stereocenters. The van der Waals surface area contributed by atoms with Crippen LogP contribution in [0.1, 0.15) is 13.8 Å². The van der Waals surface area contributed by atoms with Crippen LogP contribution < -0.4 is 5.32 Å². The summed E-state index contributed by atoms with van der Waals surface area (Å²) in [5, 5.41) is 13.3. The molecule has 0 fully saturated rings. The Hall–Kier alpha value is -1.65. The minimum atomic E-state index is -0.466. The van der Waals surface area contributed by atoms with E-state index in [4.69, 9.17) is 0 Å². The van der Waals surface area contributed by atoms with Gasteiger partial charge < -0.3 is 5.32 Å². The average molecular weight is 181 g/mol. The van der Waals surface area contributed by atoms with E-state index in [9.17, 15) is 10.1 Å². The first-order chi connectivity index (χ1) is 6.09. The van der Waals surface area contributed by atoms with E-state index in [0.717, 1.165) is 0 Å². The summed E-state index contributed by atoms with van der Waals surface area (Å²) in [6.45, 7) is 3.95. The summed E-state index contributed by atoms with van der Waals surface area (Å²) in [5.74, 6) is 0.653. The molecular weight excluding hydrogens is 170 g/mol. The van der Waals surface area contributed by atoms with E-state index in [1.165, 1.54) is 12.3 Å². The monoisotopic (exact) mass is 181 g/mol. The van der Waals surface area contributed by atoms with Crippen LogP contribution in [-0.2, 0) is 0 Å². The molecule has 5 nitrogen and oxygen atoms in total. The molecule has 5 heteroatoms. The molecule has 0 aliphatic heterocycles. The fourth-order valence-electron chi connectivity index (χ4n) is 0.875. The van der Waals surface area contributed by atoms with Gasteiger partial charge >= 0.3 is 0 Å². The number of aromatic nitrogens is 1. The number of anilines is 1. The van der Waals surface area contributed by atoms with Crippen LogP contribution in [0.2, 0.25) is 0 Å². The normalized spacial score (nSPS) is 10.1. The van der Waals surface area contributed by atoms with Crippen LogP contribution in [0.3, 0.4) is 0 Å². The number of nitro groups is 1. The summed E-state index contributed by atoms with van der Waals surface area (Å²) < 4.78 is 0. The maximum atomic E-state index is 10.3. The van der Waals surface area contributed by atoms with Crippen molar-refractivity contribution in [3.8, 4) is 0 Å². The Morgan fingerprint density at radius 3 is 2.62 bits per heavy atom. The van der Waals surface area contributed by atoms with E-state index >= 15 is 0 Å². The standard InChI is InChI=1S/C8H11N3O2/c1-6(2)10-8-4-3-7(5-9-8)11(12)13/h3-6H,1-2H3,(H,9,10). The summed E-state index contributed by atoms with van der Waals surface area (Å²) in [4.78, 5) is 13.7. The molecule has 0 spiro atoms. The smallest absolute Gasteiger partial charge is 0.287 e. The minimum absolute atomic E-state index is 0.00862. The molecule has 0 saturated carbocycles. The van der Waals surface area contributed by atoms with Crippen molar-refractivity contribution in [2.75, 3.05) is 5.32 Å². The van der Waals surface area contributed by atoms with Crippen LogP contribution in [0.5, 0.6) is 0 Å². The molecule has 0 aliphatic carbocycles. The molecule has 1 aromatic rings.